The lowest BCUT2D eigenvalue weighted by Crippen LogP contribution is -2.33. The van der Waals surface area contributed by atoms with Crippen molar-refractivity contribution in [2.75, 3.05) is 30.4 Å². The fraction of sp³-hybridized carbons (Fsp3) is 0.400. The van der Waals surface area contributed by atoms with Crippen LogP contribution in [0.1, 0.15) is 25.3 Å². The number of rotatable bonds is 6. The number of aryl methyl sites for hydroxylation is 1. The molecule has 1 aliphatic heterocycles. The Morgan fingerprint density at radius 1 is 1.09 bits per heavy atom. The van der Waals surface area contributed by atoms with Crippen molar-refractivity contribution in [2.24, 2.45) is 5.92 Å². The zero-order chi connectivity index (χ0) is 23.0. The Labute approximate surface area is 182 Å². The number of aromatic nitrogens is 2. The molecule has 0 amide bonds. The van der Waals surface area contributed by atoms with Gasteiger partial charge in [-0.3, -0.25) is 20.2 Å². The molecule has 32 heavy (non-hydrogen) atoms. The smallest absolute Gasteiger partial charge is 0.323 e. The van der Waals surface area contributed by atoms with E-state index in [1.54, 1.807) is 13.0 Å². The lowest BCUT2D eigenvalue weighted by molar-refractivity contribution is -0.385. The van der Waals surface area contributed by atoms with E-state index >= 15 is 0 Å². The number of fused-ring (bicyclic) bond motifs is 1. The van der Waals surface area contributed by atoms with Crippen LogP contribution in [0.2, 0.25) is 0 Å². The number of benzene rings is 2. The van der Waals surface area contributed by atoms with E-state index in [1.807, 2.05) is 4.90 Å². The molecule has 2 aromatic carbocycles. The number of nitrogens with zero attached hydrogens (tertiary/aromatic N) is 5. The summed E-state index contributed by atoms with van der Waals surface area (Å²) in [4.78, 5) is 24.2. The maximum atomic E-state index is 11.9. The highest BCUT2D eigenvalue weighted by atomic mass is 16.6. The normalized spacial score (nSPS) is 14.5. The average molecular weight is 442 g/mol. The Kier molecular flexibility index (Phi) is 5.51. The van der Waals surface area contributed by atoms with Gasteiger partial charge in [0, 0.05) is 30.9 Å². The number of piperidine rings is 1. The molecule has 1 aliphatic rings. The molecule has 0 saturated carbocycles. The monoisotopic (exact) mass is 442 g/mol. The number of nitro groups is 2. The van der Waals surface area contributed by atoms with E-state index in [-0.39, 0.29) is 28.2 Å². The van der Waals surface area contributed by atoms with Crippen molar-refractivity contribution in [3.63, 3.8) is 0 Å². The minimum Gasteiger partial charge on any atom is -0.490 e. The van der Waals surface area contributed by atoms with Crippen LogP contribution in [-0.2, 0) is 0 Å². The predicted molar refractivity (Wildman–Crippen MR) is 117 cm³/mol. The Hall–Kier alpha value is -3.96. The molecule has 168 valence electrons. The van der Waals surface area contributed by atoms with Gasteiger partial charge in [0.15, 0.2) is 11.3 Å². The third kappa shape index (κ3) is 3.74. The number of hydrogen-bond donors (Lipinski definition) is 1. The van der Waals surface area contributed by atoms with Gasteiger partial charge < -0.3 is 15.0 Å². The summed E-state index contributed by atoms with van der Waals surface area (Å²) in [5.41, 5.74) is 1.92. The minimum absolute atomic E-state index is 0.0418. The van der Waals surface area contributed by atoms with Crippen LogP contribution >= 0.6 is 0 Å². The van der Waals surface area contributed by atoms with Gasteiger partial charge in [-0.1, -0.05) is 6.92 Å². The quantitative estimate of drug-likeness (QED) is 0.431. The molecule has 12 heteroatoms. The van der Waals surface area contributed by atoms with Crippen LogP contribution in [0.5, 0.6) is 5.75 Å². The number of ether oxygens (including phenoxy) is 1. The number of nitrogens with one attached hydrogen (secondary N) is 1. The lowest BCUT2D eigenvalue weighted by atomic mass is 9.98. The van der Waals surface area contributed by atoms with Crippen LogP contribution in [0, 0.1) is 33.1 Å². The Morgan fingerprint density at radius 3 is 2.41 bits per heavy atom. The maximum absolute atomic E-state index is 11.9. The van der Waals surface area contributed by atoms with E-state index in [2.05, 4.69) is 22.6 Å². The zero-order valence-electron chi connectivity index (χ0n) is 17.8. The third-order valence-corrected chi connectivity index (χ3v) is 5.79. The predicted octanol–water partition coefficient (Wildman–Crippen LogP) is 4.34. The Bertz CT molecular complexity index is 1200. The van der Waals surface area contributed by atoms with Crippen molar-refractivity contribution in [2.45, 2.75) is 26.7 Å². The molecule has 0 bridgehead atoms. The van der Waals surface area contributed by atoms with Crippen molar-refractivity contribution in [1.82, 2.24) is 10.3 Å². The minimum atomic E-state index is -0.517. The summed E-state index contributed by atoms with van der Waals surface area (Å²) in [5, 5.41) is 34.1. The van der Waals surface area contributed by atoms with Gasteiger partial charge in [-0.25, -0.2) is 4.63 Å². The summed E-state index contributed by atoms with van der Waals surface area (Å²) in [6.45, 7) is 5.24. The SMILES string of the molecule is COc1cc(Nc2cc(N3CCC(C)CC3)c([N+](=O)[O-])c3nonc23)c(C)cc1[N+](=O)[O-]. The second kappa shape index (κ2) is 8.29. The van der Waals surface area contributed by atoms with E-state index in [9.17, 15) is 20.2 Å². The van der Waals surface area contributed by atoms with Crippen molar-refractivity contribution in [3.05, 3.63) is 44.0 Å². The van der Waals surface area contributed by atoms with Gasteiger partial charge in [-0.15, -0.1) is 0 Å². The highest BCUT2D eigenvalue weighted by Gasteiger charge is 2.30. The molecule has 0 aliphatic carbocycles. The van der Waals surface area contributed by atoms with E-state index in [0.29, 0.717) is 41.6 Å². The van der Waals surface area contributed by atoms with Crippen LogP contribution in [0.25, 0.3) is 11.0 Å². The number of anilines is 3. The molecule has 0 radical (unpaired) electrons. The third-order valence-electron chi connectivity index (χ3n) is 5.79. The zero-order valence-corrected chi connectivity index (χ0v) is 17.8. The van der Waals surface area contributed by atoms with Gasteiger partial charge in [-0.2, -0.15) is 0 Å². The van der Waals surface area contributed by atoms with E-state index in [1.165, 1.54) is 19.2 Å². The first kappa shape index (κ1) is 21.3. The van der Waals surface area contributed by atoms with Gasteiger partial charge in [0.2, 0.25) is 5.52 Å². The highest BCUT2D eigenvalue weighted by molar-refractivity contribution is 6.01. The molecule has 3 aromatic rings. The number of hydrogen-bond acceptors (Lipinski definition) is 10. The average Bonchev–Trinajstić information content (AvgIpc) is 3.24. The van der Waals surface area contributed by atoms with Crippen LogP contribution < -0.4 is 15.0 Å². The van der Waals surface area contributed by atoms with Crippen LogP contribution in [0.15, 0.2) is 22.8 Å². The Balaban J connectivity index is 1.83. The standard InChI is InChI=1S/C20H22N6O6/c1-11-4-6-24(7-5-11)16-9-14(18-19(23-32-22-18)20(16)26(29)30)21-13-10-17(31-3)15(25(27)28)8-12(13)2/h8-11,21H,4-7H2,1-3H3. The first-order valence-corrected chi connectivity index (χ1v) is 10.1. The lowest BCUT2D eigenvalue weighted by Gasteiger charge is -2.32. The van der Waals surface area contributed by atoms with Gasteiger partial charge in [0.25, 0.3) is 0 Å². The van der Waals surface area contributed by atoms with E-state index in [0.717, 1.165) is 12.8 Å². The molecule has 1 saturated heterocycles. The van der Waals surface area contributed by atoms with Crippen molar-refractivity contribution >= 4 is 39.5 Å². The Morgan fingerprint density at radius 2 is 1.78 bits per heavy atom. The second-order valence-electron chi connectivity index (χ2n) is 7.90. The molecule has 1 fully saturated rings. The highest BCUT2D eigenvalue weighted by Crippen LogP contribution is 2.42. The van der Waals surface area contributed by atoms with Crippen molar-refractivity contribution in [3.8, 4) is 5.75 Å². The fourth-order valence-electron chi connectivity index (χ4n) is 3.94. The van der Waals surface area contributed by atoms with E-state index in [4.69, 9.17) is 9.37 Å². The summed E-state index contributed by atoms with van der Waals surface area (Å²) in [6.07, 6.45) is 1.85. The molecule has 0 spiro atoms. The molecule has 0 unspecified atom stereocenters. The van der Waals surface area contributed by atoms with Crippen molar-refractivity contribution in [1.29, 1.82) is 0 Å². The first-order chi connectivity index (χ1) is 15.3. The molecular weight excluding hydrogens is 420 g/mol. The topological polar surface area (TPSA) is 150 Å². The van der Waals surface area contributed by atoms with Gasteiger partial charge in [0.1, 0.15) is 5.69 Å². The fourth-order valence-corrected chi connectivity index (χ4v) is 3.94. The molecule has 1 N–H and O–H groups in total. The molecule has 12 nitrogen and oxygen atoms in total. The van der Waals surface area contributed by atoms with Crippen molar-refractivity contribution < 1.29 is 19.2 Å². The van der Waals surface area contributed by atoms with Gasteiger partial charge in [-0.05, 0) is 47.6 Å². The van der Waals surface area contributed by atoms with Gasteiger partial charge >= 0.3 is 11.4 Å². The molecule has 0 atom stereocenters. The van der Waals surface area contributed by atoms with Crippen LogP contribution in [-0.4, -0.2) is 40.4 Å². The van der Waals surface area contributed by atoms with Crippen LogP contribution in [0.4, 0.5) is 28.4 Å². The molecule has 1 aromatic heterocycles. The van der Waals surface area contributed by atoms with Crippen LogP contribution in [0.3, 0.4) is 0 Å². The molecular formula is C20H22N6O6. The first-order valence-electron chi connectivity index (χ1n) is 10.1. The summed E-state index contributed by atoms with van der Waals surface area (Å²) in [6, 6.07) is 4.57. The van der Waals surface area contributed by atoms with Gasteiger partial charge in [0.05, 0.1) is 22.6 Å². The maximum Gasteiger partial charge on any atom is 0.323 e. The number of methoxy groups -OCH3 is 1. The van der Waals surface area contributed by atoms with E-state index < -0.39 is 9.85 Å². The summed E-state index contributed by atoms with van der Waals surface area (Å²) in [7, 11) is 1.35. The second-order valence-corrected chi connectivity index (χ2v) is 7.90. The number of nitro benzene ring substituents is 2. The summed E-state index contributed by atoms with van der Waals surface area (Å²) < 4.78 is 10.0. The largest absolute Gasteiger partial charge is 0.490 e. The molecule has 4 rings (SSSR count). The summed E-state index contributed by atoms with van der Waals surface area (Å²) in [5.74, 6) is 0.639. The molecule has 2 heterocycles. The summed E-state index contributed by atoms with van der Waals surface area (Å²) >= 11 is 0.